The van der Waals surface area contributed by atoms with Gasteiger partial charge in [0.15, 0.2) is 0 Å². The number of methoxy groups -OCH3 is 1. The molecular formula is C29H39NO7S. The van der Waals surface area contributed by atoms with Gasteiger partial charge in [-0.2, -0.15) is 0 Å². The van der Waals surface area contributed by atoms with E-state index in [0.29, 0.717) is 19.3 Å². The highest BCUT2D eigenvalue weighted by Crippen LogP contribution is 2.36. The number of aryl methyl sites for hydroxylation is 2. The lowest BCUT2D eigenvalue weighted by Crippen LogP contribution is -2.52. The molecule has 1 amide bonds. The summed E-state index contributed by atoms with van der Waals surface area (Å²) in [6.07, 6.45) is -0.208. The highest BCUT2D eigenvalue weighted by atomic mass is 32.2. The molecule has 0 aliphatic carbocycles. The predicted molar refractivity (Wildman–Crippen MR) is 147 cm³/mol. The number of benzene rings is 2. The Bertz CT molecular complexity index is 1100. The van der Waals surface area contributed by atoms with Gasteiger partial charge in [-0.1, -0.05) is 42.5 Å². The maximum absolute atomic E-state index is 12.2. The largest absolute Gasteiger partial charge is 0.467 e. The van der Waals surface area contributed by atoms with Crippen molar-refractivity contribution in [2.75, 3.05) is 13.4 Å². The minimum Gasteiger partial charge on any atom is -0.467 e. The molecule has 0 unspecified atom stereocenters. The molecular weight excluding hydrogens is 506 g/mol. The first kappa shape index (κ1) is 30.1. The third-order valence-electron chi connectivity index (χ3n) is 6.94. The van der Waals surface area contributed by atoms with E-state index in [4.69, 9.17) is 9.47 Å². The highest BCUT2D eigenvalue weighted by Gasteiger charge is 2.44. The molecule has 0 radical (unpaired) electrons. The summed E-state index contributed by atoms with van der Waals surface area (Å²) in [6.45, 7) is 5.26. The van der Waals surface area contributed by atoms with E-state index < -0.39 is 41.4 Å². The third-order valence-corrected chi connectivity index (χ3v) is 7.79. The van der Waals surface area contributed by atoms with Crippen molar-refractivity contribution in [3.05, 3.63) is 70.3 Å². The van der Waals surface area contributed by atoms with Crippen LogP contribution in [0.15, 0.2) is 42.5 Å². The number of hydrogen-bond acceptors (Lipinski definition) is 8. The lowest BCUT2D eigenvalue weighted by Gasteiger charge is -2.40. The van der Waals surface area contributed by atoms with Gasteiger partial charge in [-0.25, -0.2) is 4.79 Å². The summed E-state index contributed by atoms with van der Waals surface area (Å²) in [6, 6.07) is 14.1. The first-order valence-electron chi connectivity index (χ1n) is 12.8. The topological polar surface area (TPSA) is 125 Å². The van der Waals surface area contributed by atoms with Gasteiger partial charge >= 0.3 is 5.97 Å². The van der Waals surface area contributed by atoms with Gasteiger partial charge in [0.1, 0.15) is 35.4 Å². The van der Waals surface area contributed by atoms with Crippen LogP contribution in [0.4, 0.5) is 0 Å². The summed E-state index contributed by atoms with van der Waals surface area (Å²) in [4.78, 5) is 24.0. The van der Waals surface area contributed by atoms with Crippen LogP contribution in [-0.2, 0) is 31.9 Å². The fourth-order valence-corrected chi connectivity index (χ4v) is 5.26. The molecule has 2 aromatic carbocycles. The van der Waals surface area contributed by atoms with Crippen LogP contribution in [0.1, 0.15) is 60.6 Å². The van der Waals surface area contributed by atoms with Crippen molar-refractivity contribution in [3.8, 4) is 0 Å². The standard InChI is InChI=1S/C29H39NO7S/c1-17-9-14-20(26-24(33)23(32)25(34)27(37-26)38-5)16-21(17)15-19-12-10-18(11-13-19)7-6-8-22(31)30-29(2,3)28(35)36-4/h9-14,16,23-27,32-34H,6-8,15H2,1-5H3,(H,30,31)/t23-,24-,25+,26+,27-/m1/s1. The summed E-state index contributed by atoms with van der Waals surface area (Å²) in [7, 11) is 1.30. The molecule has 1 saturated heterocycles. The summed E-state index contributed by atoms with van der Waals surface area (Å²) in [5.74, 6) is -0.671. The van der Waals surface area contributed by atoms with Crippen LogP contribution in [0, 0.1) is 6.92 Å². The minimum atomic E-state index is -1.28. The molecule has 0 bridgehead atoms. The van der Waals surface area contributed by atoms with Crippen LogP contribution < -0.4 is 5.32 Å². The van der Waals surface area contributed by atoms with Crippen LogP contribution in [0.5, 0.6) is 0 Å². The van der Waals surface area contributed by atoms with Gasteiger partial charge in [-0.3, -0.25) is 4.79 Å². The maximum Gasteiger partial charge on any atom is 0.330 e. The SMILES string of the molecule is COC(=O)C(C)(C)NC(=O)CCCc1ccc(Cc2cc([C@@H]3O[C@H](SC)[C@@H](O)[C@H](O)[C@H]3O)ccc2C)cc1. The Morgan fingerprint density at radius 3 is 2.32 bits per heavy atom. The molecule has 0 aromatic heterocycles. The number of carbonyl (C=O) groups is 2. The van der Waals surface area contributed by atoms with Gasteiger partial charge in [0.05, 0.1) is 7.11 Å². The molecule has 4 N–H and O–H groups in total. The zero-order chi connectivity index (χ0) is 28.0. The first-order chi connectivity index (χ1) is 18.0. The Hall–Kier alpha value is -2.43. The Morgan fingerprint density at radius 2 is 1.68 bits per heavy atom. The zero-order valence-corrected chi connectivity index (χ0v) is 23.5. The van der Waals surface area contributed by atoms with Crippen molar-refractivity contribution in [2.24, 2.45) is 0 Å². The third kappa shape index (κ3) is 7.36. The highest BCUT2D eigenvalue weighted by molar-refractivity contribution is 7.99. The second-order valence-corrected chi connectivity index (χ2v) is 11.3. The fraction of sp³-hybridized carbons (Fsp3) is 0.517. The van der Waals surface area contributed by atoms with E-state index in [9.17, 15) is 24.9 Å². The molecule has 1 aliphatic heterocycles. The van der Waals surface area contributed by atoms with E-state index in [2.05, 4.69) is 29.6 Å². The lowest BCUT2D eigenvalue weighted by molar-refractivity contribution is -0.200. The molecule has 5 atom stereocenters. The normalized spacial score (nSPS) is 23.6. The van der Waals surface area contributed by atoms with Crippen LogP contribution in [0.2, 0.25) is 0 Å². The number of carbonyl (C=O) groups excluding carboxylic acids is 2. The quantitative estimate of drug-likeness (QED) is 0.336. The molecule has 0 spiro atoms. The molecule has 3 rings (SSSR count). The Morgan fingerprint density at radius 1 is 1.03 bits per heavy atom. The van der Waals surface area contributed by atoms with E-state index in [1.54, 1.807) is 20.1 Å². The van der Waals surface area contributed by atoms with Crippen molar-refractivity contribution < 1.29 is 34.4 Å². The number of rotatable bonds is 10. The molecule has 9 heteroatoms. The van der Waals surface area contributed by atoms with Crippen LogP contribution in [-0.4, -0.2) is 69.8 Å². The van der Waals surface area contributed by atoms with Crippen LogP contribution >= 0.6 is 11.8 Å². The van der Waals surface area contributed by atoms with E-state index in [1.807, 2.05) is 25.1 Å². The number of nitrogens with one attached hydrogen (secondary N) is 1. The Balaban J connectivity index is 1.59. The van der Waals surface area contributed by atoms with Gasteiger partial charge in [0, 0.05) is 6.42 Å². The lowest BCUT2D eigenvalue weighted by atomic mass is 9.91. The van der Waals surface area contributed by atoms with Crippen LogP contribution in [0.25, 0.3) is 0 Å². The number of esters is 1. The van der Waals surface area contributed by atoms with Crippen molar-refractivity contribution in [1.82, 2.24) is 5.32 Å². The molecule has 1 fully saturated rings. The molecule has 1 heterocycles. The Labute approximate surface area is 228 Å². The number of amides is 1. The van der Waals surface area contributed by atoms with E-state index in [0.717, 1.165) is 34.2 Å². The number of aliphatic hydroxyl groups is 3. The average Bonchev–Trinajstić information content (AvgIpc) is 2.89. The monoisotopic (exact) mass is 545 g/mol. The second-order valence-electron chi connectivity index (χ2n) is 10.3. The van der Waals surface area contributed by atoms with Gasteiger partial charge < -0.3 is 30.1 Å². The number of hydrogen-bond donors (Lipinski definition) is 4. The number of ether oxygens (including phenoxy) is 2. The molecule has 208 valence electrons. The molecule has 38 heavy (non-hydrogen) atoms. The average molecular weight is 546 g/mol. The van der Waals surface area contributed by atoms with Crippen molar-refractivity contribution in [2.45, 2.75) is 81.8 Å². The summed E-state index contributed by atoms with van der Waals surface area (Å²) >= 11 is 1.30. The summed E-state index contributed by atoms with van der Waals surface area (Å²) in [5, 5.41) is 33.7. The van der Waals surface area contributed by atoms with Crippen molar-refractivity contribution >= 4 is 23.6 Å². The predicted octanol–water partition coefficient (Wildman–Crippen LogP) is 2.82. The van der Waals surface area contributed by atoms with Gasteiger partial charge in [0.25, 0.3) is 0 Å². The van der Waals surface area contributed by atoms with Gasteiger partial charge in [-0.15, -0.1) is 11.8 Å². The summed E-state index contributed by atoms with van der Waals surface area (Å²) < 4.78 is 10.6. The summed E-state index contributed by atoms with van der Waals surface area (Å²) in [5.41, 5.74) is 3.50. The van der Waals surface area contributed by atoms with Gasteiger partial charge in [0.2, 0.25) is 5.91 Å². The Kier molecular flexibility index (Phi) is 10.4. The molecule has 1 aliphatic rings. The molecule has 0 saturated carbocycles. The fourth-order valence-electron chi connectivity index (χ4n) is 4.59. The number of aliphatic hydroxyl groups excluding tert-OH is 3. The first-order valence-corrected chi connectivity index (χ1v) is 14.0. The van der Waals surface area contributed by atoms with E-state index in [-0.39, 0.29) is 5.91 Å². The van der Waals surface area contributed by atoms with Gasteiger partial charge in [-0.05, 0) is 74.1 Å². The minimum absolute atomic E-state index is 0.190. The van der Waals surface area contributed by atoms with E-state index >= 15 is 0 Å². The van der Waals surface area contributed by atoms with Crippen molar-refractivity contribution in [1.29, 1.82) is 0 Å². The van der Waals surface area contributed by atoms with Crippen molar-refractivity contribution in [3.63, 3.8) is 0 Å². The zero-order valence-electron chi connectivity index (χ0n) is 22.6. The number of thioether (sulfide) groups is 1. The molecule has 2 aromatic rings. The second kappa shape index (κ2) is 13.1. The smallest absolute Gasteiger partial charge is 0.330 e. The van der Waals surface area contributed by atoms with E-state index in [1.165, 1.54) is 18.9 Å². The maximum atomic E-state index is 12.2. The van der Waals surface area contributed by atoms with Crippen LogP contribution in [0.3, 0.4) is 0 Å². The molecule has 8 nitrogen and oxygen atoms in total.